The molecule has 1 atom stereocenters. The van der Waals surface area contributed by atoms with Gasteiger partial charge in [-0.15, -0.1) is 0 Å². The van der Waals surface area contributed by atoms with Crippen molar-refractivity contribution in [3.63, 3.8) is 0 Å². The SMILES string of the molecule is Cc1ccc([N+](=O)[O-])cc1S(=O)(=O)NCC(N)CC(C)C. The van der Waals surface area contributed by atoms with Gasteiger partial charge < -0.3 is 5.73 Å². The molecular formula is C13H21N3O4S. The molecule has 1 aromatic rings. The Hall–Kier alpha value is -1.51. The molecule has 118 valence electrons. The largest absolute Gasteiger partial charge is 0.327 e. The van der Waals surface area contributed by atoms with Crippen LogP contribution < -0.4 is 10.5 Å². The number of hydrogen-bond donors (Lipinski definition) is 2. The average Bonchev–Trinajstić information content (AvgIpc) is 2.35. The number of rotatable bonds is 7. The second-order valence-electron chi connectivity index (χ2n) is 5.45. The number of benzene rings is 1. The van der Waals surface area contributed by atoms with Gasteiger partial charge in [0.1, 0.15) is 0 Å². The van der Waals surface area contributed by atoms with Crippen LogP contribution in [0.2, 0.25) is 0 Å². The topological polar surface area (TPSA) is 115 Å². The molecule has 0 saturated carbocycles. The molecule has 1 rings (SSSR count). The first-order chi connectivity index (χ1) is 9.63. The van der Waals surface area contributed by atoms with Crippen molar-refractivity contribution in [2.75, 3.05) is 6.54 Å². The summed E-state index contributed by atoms with van der Waals surface area (Å²) in [4.78, 5) is 10.0. The highest BCUT2D eigenvalue weighted by Gasteiger charge is 2.21. The molecule has 0 fully saturated rings. The van der Waals surface area contributed by atoms with Gasteiger partial charge in [0.05, 0.1) is 9.82 Å². The van der Waals surface area contributed by atoms with E-state index in [-0.39, 0.29) is 23.2 Å². The summed E-state index contributed by atoms with van der Waals surface area (Å²) < 4.78 is 26.9. The van der Waals surface area contributed by atoms with E-state index in [1.165, 1.54) is 12.1 Å². The Kier molecular flexibility index (Phi) is 5.82. The smallest absolute Gasteiger partial charge is 0.270 e. The Morgan fingerprint density at radius 3 is 2.52 bits per heavy atom. The summed E-state index contributed by atoms with van der Waals surface area (Å²) in [5.41, 5.74) is 6.03. The number of nitrogens with one attached hydrogen (secondary N) is 1. The van der Waals surface area contributed by atoms with Crippen molar-refractivity contribution in [1.29, 1.82) is 0 Å². The van der Waals surface area contributed by atoms with E-state index in [0.29, 0.717) is 17.9 Å². The molecule has 0 heterocycles. The number of nitrogens with two attached hydrogens (primary N) is 1. The standard InChI is InChI=1S/C13H21N3O4S/c1-9(2)6-11(14)8-15-21(19,20)13-7-12(16(17)18)5-4-10(13)3/h4-5,7,9,11,15H,6,8,14H2,1-3H3. The summed E-state index contributed by atoms with van der Waals surface area (Å²) >= 11 is 0. The zero-order valence-corrected chi connectivity index (χ0v) is 13.2. The number of nitrogens with zero attached hydrogens (tertiary/aromatic N) is 1. The van der Waals surface area contributed by atoms with Crippen molar-refractivity contribution in [3.05, 3.63) is 33.9 Å². The lowest BCUT2D eigenvalue weighted by Gasteiger charge is -2.15. The Balaban J connectivity index is 2.92. The van der Waals surface area contributed by atoms with Crippen molar-refractivity contribution < 1.29 is 13.3 Å². The van der Waals surface area contributed by atoms with Gasteiger partial charge in [-0.2, -0.15) is 0 Å². The van der Waals surface area contributed by atoms with Crippen LogP contribution in [-0.2, 0) is 10.0 Å². The summed E-state index contributed by atoms with van der Waals surface area (Å²) in [5, 5.41) is 10.7. The van der Waals surface area contributed by atoms with Crippen LogP contribution in [0.15, 0.2) is 23.1 Å². The minimum Gasteiger partial charge on any atom is -0.327 e. The van der Waals surface area contributed by atoms with Crippen LogP contribution >= 0.6 is 0 Å². The molecule has 8 heteroatoms. The first-order valence-electron chi connectivity index (χ1n) is 6.63. The minimum absolute atomic E-state index is 0.0894. The average molecular weight is 315 g/mol. The van der Waals surface area contributed by atoms with Gasteiger partial charge in [0.15, 0.2) is 0 Å². The van der Waals surface area contributed by atoms with E-state index in [9.17, 15) is 18.5 Å². The predicted octanol–water partition coefficient (Wildman–Crippen LogP) is 1.55. The quantitative estimate of drug-likeness (QED) is 0.585. The number of nitro benzene ring substituents is 1. The third kappa shape index (κ3) is 5.07. The van der Waals surface area contributed by atoms with Crippen LogP contribution in [0.5, 0.6) is 0 Å². The van der Waals surface area contributed by atoms with Gasteiger partial charge in [0, 0.05) is 24.7 Å². The molecule has 0 spiro atoms. The number of nitro groups is 1. The Morgan fingerprint density at radius 2 is 2.00 bits per heavy atom. The molecule has 0 bridgehead atoms. The summed E-state index contributed by atoms with van der Waals surface area (Å²) in [6, 6.07) is 3.46. The fraction of sp³-hybridized carbons (Fsp3) is 0.538. The highest BCUT2D eigenvalue weighted by atomic mass is 32.2. The van der Waals surface area contributed by atoms with Gasteiger partial charge in [0.2, 0.25) is 10.0 Å². The second-order valence-corrected chi connectivity index (χ2v) is 7.18. The van der Waals surface area contributed by atoms with Crippen molar-refractivity contribution in [2.45, 2.75) is 38.1 Å². The van der Waals surface area contributed by atoms with Crippen molar-refractivity contribution in [3.8, 4) is 0 Å². The number of sulfonamides is 1. The van der Waals surface area contributed by atoms with Gasteiger partial charge in [-0.25, -0.2) is 13.1 Å². The van der Waals surface area contributed by atoms with Gasteiger partial charge >= 0.3 is 0 Å². The van der Waals surface area contributed by atoms with E-state index < -0.39 is 14.9 Å². The molecular weight excluding hydrogens is 294 g/mol. The maximum Gasteiger partial charge on any atom is 0.270 e. The van der Waals surface area contributed by atoms with Crippen LogP contribution in [0, 0.1) is 23.0 Å². The lowest BCUT2D eigenvalue weighted by molar-refractivity contribution is -0.385. The fourth-order valence-corrected chi connectivity index (χ4v) is 3.33. The molecule has 1 aromatic carbocycles. The van der Waals surface area contributed by atoms with Gasteiger partial charge in [-0.05, 0) is 24.8 Å². The van der Waals surface area contributed by atoms with Crippen molar-refractivity contribution in [1.82, 2.24) is 4.72 Å². The second kappa shape index (κ2) is 6.97. The van der Waals surface area contributed by atoms with Crippen LogP contribution in [0.4, 0.5) is 5.69 Å². The maximum atomic E-state index is 12.2. The van der Waals surface area contributed by atoms with Gasteiger partial charge in [0.25, 0.3) is 5.69 Å². The summed E-state index contributed by atoms with van der Waals surface area (Å²) in [6.45, 7) is 5.69. The zero-order valence-electron chi connectivity index (χ0n) is 12.4. The molecule has 0 aliphatic heterocycles. The summed E-state index contributed by atoms with van der Waals surface area (Å²) in [5.74, 6) is 0.365. The third-order valence-corrected chi connectivity index (χ3v) is 4.55. The highest BCUT2D eigenvalue weighted by molar-refractivity contribution is 7.89. The van der Waals surface area contributed by atoms with Crippen LogP contribution in [0.25, 0.3) is 0 Å². The lowest BCUT2D eigenvalue weighted by atomic mass is 10.1. The normalized spacial score (nSPS) is 13.4. The Bertz CT molecular complexity index is 614. The van der Waals surface area contributed by atoms with Crippen LogP contribution in [0.1, 0.15) is 25.8 Å². The van der Waals surface area contributed by atoms with E-state index in [2.05, 4.69) is 4.72 Å². The zero-order chi connectivity index (χ0) is 16.2. The first-order valence-corrected chi connectivity index (χ1v) is 8.12. The molecule has 1 unspecified atom stereocenters. The maximum absolute atomic E-state index is 12.2. The Morgan fingerprint density at radius 1 is 1.38 bits per heavy atom. The van der Waals surface area contributed by atoms with Gasteiger partial charge in [-0.3, -0.25) is 10.1 Å². The van der Waals surface area contributed by atoms with Crippen molar-refractivity contribution in [2.24, 2.45) is 11.7 Å². The van der Waals surface area contributed by atoms with Crippen LogP contribution in [-0.4, -0.2) is 25.9 Å². The molecule has 0 saturated heterocycles. The van der Waals surface area contributed by atoms with Crippen molar-refractivity contribution >= 4 is 15.7 Å². The number of aryl methyl sites for hydroxylation is 1. The molecule has 0 radical (unpaired) electrons. The van der Waals surface area contributed by atoms with E-state index >= 15 is 0 Å². The molecule has 0 aliphatic rings. The number of hydrogen-bond acceptors (Lipinski definition) is 5. The fourth-order valence-electron chi connectivity index (χ4n) is 1.98. The van der Waals surface area contributed by atoms with E-state index in [1.54, 1.807) is 6.92 Å². The summed E-state index contributed by atoms with van der Waals surface area (Å²) in [6.07, 6.45) is 0.691. The molecule has 7 nitrogen and oxygen atoms in total. The lowest BCUT2D eigenvalue weighted by Crippen LogP contribution is -2.38. The van der Waals surface area contributed by atoms with Crippen LogP contribution in [0.3, 0.4) is 0 Å². The van der Waals surface area contributed by atoms with Gasteiger partial charge in [-0.1, -0.05) is 19.9 Å². The summed E-state index contributed by atoms with van der Waals surface area (Å²) in [7, 11) is -3.81. The molecule has 0 aliphatic carbocycles. The third-order valence-electron chi connectivity index (χ3n) is 2.98. The molecule has 0 amide bonds. The molecule has 3 N–H and O–H groups in total. The molecule has 0 aromatic heterocycles. The van der Waals surface area contributed by atoms with E-state index in [4.69, 9.17) is 5.73 Å². The Labute approximate surface area is 124 Å². The minimum atomic E-state index is -3.81. The van der Waals surface area contributed by atoms with E-state index in [1.807, 2.05) is 13.8 Å². The first kappa shape index (κ1) is 17.5. The molecule has 21 heavy (non-hydrogen) atoms. The van der Waals surface area contributed by atoms with E-state index in [0.717, 1.165) is 6.07 Å². The monoisotopic (exact) mass is 315 g/mol. The predicted molar refractivity (Wildman–Crippen MR) is 80.5 cm³/mol. The highest BCUT2D eigenvalue weighted by Crippen LogP contribution is 2.21. The number of non-ortho nitro benzene ring substituents is 1.